The molecule has 8 nitrogen and oxygen atoms in total. The smallest absolute Gasteiger partial charge is 0.250 e. The highest BCUT2D eigenvalue weighted by Gasteiger charge is 2.39. The maximum atomic E-state index is 13.3. The van der Waals surface area contributed by atoms with Crippen molar-refractivity contribution in [2.24, 2.45) is 0 Å². The number of aromatic nitrogens is 3. The van der Waals surface area contributed by atoms with Gasteiger partial charge in [-0.2, -0.15) is 10.1 Å². The van der Waals surface area contributed by atoms with E-state index in [1.807, 2.05) is 24.3 Å². The van der Waals surface area contributed by atoms with E-state index in [2.05, 4.69) is 37.5 Å². The number of nitrogens with zero attached hydrogens (tertiary/aromatic N) is 4. The Balaban J connectivity index is 1.42. The van der Waals surface area contributed by atoms with Gasteiger partial charge in [-0.25, -0.2) is 0 Å². The van der Waals surface area contributed by atoms with Crippen molar-refractivity contribution in [2.45, 2.75) is 12.5 Å². The fourth-order valence-electron chi connectivity index (χ4n) is 4.16. The highest BCUT2D eigenvalue weighted by atomic mass is 16.5. The molecular formula is C21H22N6O2. The molecule has 1 unspecified atom stereocenters. The van der Waals surface area contributed by atoms with Crippen molar-refractivity contribution in [3.05, 3.63) is 48.8 Å². The third-order valence-electron chi connectivity index (χ3n) is 5.56. The van der Waals surface area contributed by atoms with Gasteiger partial charge in [0, 0.05) is 37.0 Å². The minimum atomic E-state index is -0.181. The molecule has 2 N–H and O–H groups in total. The van der Waals surface area contributed by atoms with Crippen molar-refractivity contribution in [3.63, 3.8) is 0 Å². The maximum Gasteiger partial charge on any atom is 0.250 e. The SMILES string of the molecule is COc1nc(N2CCC(N3CCNc4ccccc43)C2=O)ccc1-c1cn[nH]c1. The van der Waals surface area contributed by atoms with Gasteiger partial charge in [-0.05, 0) is 30.7 Å². The first-order chi connectivity index (χ1) is 14.3. The zero-order valence-corrected chi connectivity index (χ0v) is 16.1. The van der Waals surface area contributed by atoms with E-state index in [1.165, 1.54) is 0 Å². The summed E-state index contributed by atoms with van der Waals surface area (Å²) in [7, 11) is 1.59. The quantitative estimate of drug-likeness (QED) is 0.712. The van der Waals surface area contributed by atoms with Crippen LogP contribution in [0.15, 0.2) is 48.8 Å². The maximum absolute atomic E-state index is 13.3. The number of pyridine rings is 1. The summed E-state index contributed by atoms with van der Waals surface area (Å²) in [4.78, 5) is 21.9. The first-order valence-corrected chi connectivity index (χ1v) is 9.71. The molecule has 1 fully saturated rings. The number of H-pyrrole nitrogens is 1. The number of para-hydroxylation sites is 2. The topological polar surface area (TPSA) is 86.4 Å². The molecule has 2 aromatic heterocycles. The molecule has 8 heteroatoms. The first-order valence-electron chi connectivity index (χ1n) is 9.71. The van der Waals surface area contributed by atoms with Gasteiger partial charge in [0.05, 0.1) is 24.7 Å². The second-order valence-corrected chi connectivity index (χ2v) is 7.14. The summed E-state index contributed by atoms with van der Waals surface area (Å²) in [6, 6.07) is 11.8. The molecule has 1 atom stereocenters. The van der Waals surface area contributed by atoms with Crippen molar-refractivity contribution >= 4 is 23.1 Å². The van der Waals surface area contributed by atoms with Crippen LogP contribution in [0.4, 0.5) is 17.2 Å². The van der Waals surface area contributed by atoms with Gasteiger partial charge in [-0.15, -0.1) is 0 Å². The molecule has 1 amide bonds. The van der Waals surface area contributed by atoms with Crippen molar-refractivity contribution in [1.29, 1.82) is 0 Å². The molecule has 148 valence electrons. The summed E-state index contributed by atoms with van der Waals surface area (Å²) < 4.78 is 5.48. The predicted octanol–water partition coefficient (Wildman–Crippen LogP) is 2.52. The van der Waals surface area contributed by atoms with Crippen LogP contribution in [0.1, 0.15) is 6.42 Å². The highest BCUT2D eigenvalue weighted by Crippen LogP contribution is 2.35. The Kier molecular flexibility index (Phi) is 4.31. The largest absolute Gasteiger partial charge is 0.480 e. The second kappa shape index (κ2) is 7.12. The van der Waals surface area contributed by atoms with Crippen LogP contribution in [0.5, 0.6) is 5.88 Å². The van der Waals surface area contributed by atoms with Gasteiger partial charge in [0.1, 0.15) is 11.9 Å². The van der Waals surface area contributed by atoms with E-state index in [4.69, 9.17) is 4.74 Å². The Labute approximate surface area is 168 Å². The fourth-order valence-corrected chi connectivity index (χ4v) is 4.16. The number of nitrogens with one attached hydrogen (secondary N) is 2. The van der Waals surface area contributed by atoms with Crippen LogP contribution in [0.2, 0.25) is 0 Å². The summed E-state index contributed by atoms with van der Waals surface area (Å²) in [5.74, 6) is 1.17. The van der Waals surface area contributed by atoms with Crippen molar-refractivity contribution in [3.8, 4) is 17.0 Å². The molecule has 5 rings (SSSR count). The molecule has 29 heavy (non-hydrogen) atoms. The number of benzene rings is 1. The minimum absolute atomic E-state index is 0.0762. The number of hydrogen-bond donors (Lipinski definition) is 2. The molecular weight excluding hydrogens is 368 g/mol. The Morgan fingerprint density at radius 2 is 2.07 bits per heavy atom. The van der Waals surface area contributed by atoms with Crippen LogP contribution >= 0.6 is 0 Å². The van der Waals surface area contributed by atoms with Crippen LogP contribution < -0.4 is 19.9 Å². The molecule has 0 aliphatic carbocycles. The van der Waals surface area contributed by atoms with Gasteiger partial charge >= 0.3 is 0 Å². The average Bonchev–Trinajstić information content (AvgIpc) is 3.43. The van der Waals surface area contributed by atoms with E-state index in [9.17, 15) is 4.79 Å². The molecule has 0 bridgehead atoms. The number of carbonyl (C=O) groups is 1. The fraction of sp³-hybridized carbons (Fsp3) is 0.286. The Hall–Kier alpha value is -3.55. The van der Waals surface area contributed by atoms with Crippen molar-refractivity contribution < 1.29 is 9.53 Å². The van der Waals surface area contributed by atoms with Gasteiger partial charge < -0.3 is 15.0 Å². The molecule has 2 aliphatic rings. The number of ether oxygens (including phenoxy) is 1. The highest BCUT2D eigenvalue weighted by molar-refractivity contribution is 6.01. The van der Waals surface area contributed by atoms with E-state index >= 15 is 0 Å². The van der Waals surface area contributed by atoms with E-state index in [-0.39, 0.29) is 11.9 Å². The molecule has 4 heterocycles. The number of methoxy groups -OCH3 is 1. The zero-order chi connectivity index (χ0) is 19.8. The van der Waals surface area contributed by atoms with Gasteiger partial charge in [-0.1, -0.05) is 12.1 Å². The predicted molar refractivity (Wildman–Crippen MR) is 111 cm³/mol. The number of rotatable bonds is 4. The van der Waals surface area contributed by atoms with E-state index < -0.39 is 0 Å². The number of amides is 1. The lowest BCUT2D eigenvalue weighted by atomic mass is 10.1. The Bertz CT molecular complexity index is 1040. The Morgan fingerprint density at radius 1 is 1.17 bits per heavy atom. The molecule has 2 aliphatic heterocycles. The average molecular weight is 390 g/mol. The molecule has 3 aromatic rings. The normalized spacial score (nSPS) is 18.5. The summed E-state index contributed by atoms with van der Waals surface area (Å²) in [6.07, 6.45) is 4.27. The van der Waals surface area contributed by atoms with Gasteiger partial charge in [0.25, 0.3) is 5.91 Å². The van der Waals surface area contributed by atoms with Crippen LogP contribution in [0.3, 0.4) is 0 Å². The lowest BCUT2D eigenvalue weighted by Gasteiger charge is -2.35. The van der Waals surface area contributed by atoms with E-state index in [0.717, 1.165) is 42.0 Å². The van der Waals surface area contributed by atoms with Gasteiger partial charge in [0.15, 0.2) is 0 Å². The number of anilines is 3. The second-order valence-electron chi connectivity index (χ2n) is 7.14. The third kappa shape index (κ3) is 2.97. The zero-order valence-electron chi connectivity index (χ0n) is 16.1. The van der Waals surface area contributed by atoms with Crippen LogP contribution in [0, 0.1) is 0 Å². The van der Waals surface area contributed by atoms with E-state index in [0.29, 0.717) is 18.2 Å². The summed E-state index contributed by atoms with van der Waals surface area (Å²) >= 11 is 0. The van der Waals surface area contributed by atoms with Gasteiger partial charge in [0.2, 0.25) is 5.88 Å². The van der Waals surface area contributed by atoms with Gasteiger partial charge in [-0.3, -0.25) is 14.8 Å². The number of aromatic amines is 1. The Morgan fingerprint density at radius 3 is 2.90 bits per heavy atom. The molecule has 1 saturated heterocycles. The minimum Gasteiger partial charge on any atom is -0.480 e. The molecule has 1 aromatic carbocycles. The van der Waals surface area contributed by atoms with E-state index in [1.54, 1.807) is 24.4 Å². The first kappa shape index (κ1) is 17.5. The van der Waals surface area contributed by atoms with Crippen molar-refractivity contribution in [2.75, 3.05) is 41.9 Å². The lowest BCUT2D eigenvalue weighted by molar-refractivity contribution is -0.118. The van der Waals surface area contributed by atoms with Crippen LogP contribution in [0.25, 0.3) is 11.1 Å². The number of carbonyl (C=O) groups excluding carboxylic acids is 1. The van der Waals surface area contributed by atoms with Crippen LogP contribution in [-0.4, -0.2) is 53.9 Å². The van der Waals surface area contributed by atoms with Crippen LogP contribution in [-0.2, 0) is 4.79 Å². The monoisotopic (exact) mass is 390 g/mol. The number of hydrogen-bond acceptors (Lipinski definition) is 6. The number of fused-ring (bicyclic) bond motifs is 1. The summed E-state index contributed by atoms with van der Waals surface area (Å²) in [5.41, 5.74) is 3.89. The molecule has 0 radical (unpaired) electrons. The summed E-state index contributed by atoms with van der Waals surface area (Å²) in [6.45, 7) is 2.26. The molecule has 0 spiro atoms. The van der Waals surface area contributed by atoms with Crippen molar-refractivity contribution in [1.82, 2.24) is 15.2 Å². The lowest BCUT2D eigenvalue weighted by Crippen LogP contribution is -2.46. The standard InChI is InChI=1S/C21H22N6O2/c1-29-20-15(14-12-23-24-13-14)6-7-19(25-20)27-10-8-18(21(27)28)26-11-9-22-16-4-2-3-5-17(16)26/h2-7,12-13,18,22H,8-11H2,1H3,(H,23,24). The third-order valence-corrected chi connectivity index (χ3v) is 5.56. The summed E-state index contributed by atoms with van der Waals surface area (Å²) in [5, 5.41) is 10.2. The molecule has 0 saturated carbocycles.